The average molecular weight is 344 g/mol. The lowest BCUT2D eigenvalue weighted by molar-refractivity contribution is -0.133. The lowest BCUT2D eigenvalue weighted by Crippen LogP contribution is -2.45. The number of β-amino-alcohol motifs (C(OH)–C–C–N with tert-alkyl or cyclic N) is 1. The maximum Gasteiger partial charge on any atom is 0.226 e. The summed E-state index contributed by atoms with van der Waals surface area (Å²) in [6.07, 6.45) is 2.64. The third-order valence-corrected chi connectivity index (χ3v) is 6.20. The van der Waals surface area contributed by atoms with Crippen molar-refractivity contribution >= 4 is 5.91 Å². The van der Waals surface area contributed by atoms with Gasteiger partial charge in [0.25, 0.3) is 0 Å². The van der Waals surface area contributed by atoms with Crippen LogP contribution in [0, 0.1) is 5.92 Å². The van der Waals surface area contributed by atoms with E-state index in [4.69, 9.17) is 4.74 Å². The van der Waals surface area contributed by atoms with E-state index in [1.54, 1.807) is 4.90 Å². The lowest BCUT2D eigenvalue weighted by Gasteiger charge is -2.30. The Bertz CT molecular complexity index is 644. The first-order valence-electron chi connectivity index (χ1n) is 9.42. The van der Waals surface area contributed by atoms with Gasteiger partial charge in [0.15, 0.2) is 0 Å². The van der Waals surface area contributed by atoms with Crippen molar-refractivity contribution in [3.05, 3.63) is 35.4 Å². The number of rotatable bonds is 5. The van der Waals surface area contributed by atoms with Gasteiger partial charge in [0.1, 0.15) is 0 Å². The minimum Gasteiger partial charge on any atom is -0.390 e. The molecule has 0 unspecified atom stereocenters. The van der Waals surface area contributed by atoms with Crippen LogP contribution in [-0.4, -0.2) is 73.4 Å². The molecular formula is C20H28N2O3. The van der Waals surface area contributed by atoms with Gasteiger partial charge in [0.05, 0.1) is 19.3 Å². The molecule has 1 spiro atoms. The highest BCUT2D eigenvalue weighted by molar-refractivity contribution is 5.85. The smallest absolute Gasteiger partial charge is 0.226 e. The molecule has 4 rings (SSSR count). The first kappa shape index (κ1) is 17.0. The molecule has 2 aliphatic carbocycles. The quantitative estimate of drug-likeness (QED) is 0.867. The monoisotopic (exact) mass is 344 g/mol. The molecule has 1 N–H and O–H groups in total. The van der Waals surface area contributed by atoms with Crippen LogP contribution in [0.5, 0.6) is 0 Å². The summed E-state index contributed by atoms with van der Waals surface area (Å²) in [5, 5.41) is 10.4. The molecule has 1 saturated heterocycles. The fraction of sp³-hybridized carbons (Fsp3) is 0.650. The van der Waals surface area contributed by atoms with E-state index in [0.29, 0.717) is 13.1 Å². The first-order chi connectivity index (χ1) is 12.1. The van der Waals surface area contributed by atoms with Gasteiger partial charge in [-0.25, -0.2) is 0 Å². The van der Waals surface area contributed by atoms with Crippen LogP contribution in [0.15, 0.2) is 24.3 Å². The van der Waals surface area contributed by atoms with Crippen molar-refractivity contribution in [1.29, 1.82) is 0 Å². The lowest BCUT2D eigenvalue weighted by atomic mass is 9.95. The van der Waals surface area contributed by atoms with Crippen LogP contribution in [0.25, 0.3) is 0 Å². The molecular weight excluding hydrogens is 316 g/mol. The molecule has 5 nitrogen and oxygen atoms in total. The molecule has 3 atom stereocenters. The summed E-state index contributed by atoms with van der Waals surface area (Å²) in [6, 6.07) is 8.56. The van der Waals surface area contributed by atoms with Crippen molar-refractivity contribution < 1.29 is 14.6 Å². The van der Waals surface area contributed by atoms with E-state index in [-0.39, 0.29) is 17.2 Å². The maximum absolute atomic E-state index is 12.9. The second-order valence-electron chi connectivity index (χ2n) is 7.86. The number of morpholine rings is 1. The second kappa shape index (κ2) is 6.71. The zero-order chi connectivity index (χ0) is 17.4. The molecule has 25 heavy (non-hydrogen) atoms. The van der Waals surface area contributed by atoms with Crippen LogP contribution in [0.2, 0.25) is 0 Å². The van der Waals surface area contributed by atoms with E-state index in [1.807, 2.05) is 7.05 Å². The van der Waals surface area contributed by atoms with Gasteiger partial charge in [-0.1, -0.05) is 24.3 Å². The Labute approximate surface area is 149 Å². The highest BCUT2D eigenvalue weighted by atomic mass is 16.5. The number of carbonyl (C=O) groups excluding carboxylic acids is 1. The highest BCUT2D eigenvalue weighted by Crippen LogP contribution is 2.61. The van der Waals surface area contributed by atoms with E-state index in [9.17, 15) is 9.90 Å². The summed E-state index contributed by atoms with van der Waals surface area (Å²) in [7, 11) is 1.83. The van der Waals surface area contributed by atoms with Crippen LogP contribution in [0.1, 0.15) is 24.0 Å². The Morgan fingerprint density at radius 1 is 1.40 bits per heavy atom. The number of nitrogens with zero attached hydrogens (tertiary/aromatic N) is 2. The molecule has 136 valence electrons. The number of aliphatic hydroxyl groups is 1. The van der Waals surface area contributed by atoms with Crippen molar-refractivity contribution in [2.45, 2.75) is 30.8 Å². The van der Waals surface area contributed by atoms with Crippen LogP contribution in [0.4, 0.5) is 0 Å². The van der Waals surface area contributed by atoms with Gasteiger partial charge in [0.2, 0.25) is 5.91 Å². The van der Waals surface area contributed by atoms with E-state index >= 15 is 0 Å². The minimum atomic E-state index is -0.502. The Balaban J connectivity index is 1.33. The minimum absolute atomic E-state index is 0.0805. The van der Waals surface area contributed by atoms with Gasteiger partial charge in [-0.05, 0) is 30.4 Å². The number of likely N-dealkylation sites (N-methyl/N-ethyl adjacent to an activating group) is 1. The predicted molar refractivity (Wildman–Crippen MR) is 95.5 cm³/mol. The summed E-state index contributed by atoms with van der Waals surface area (Å²) in [4.78, 5) is 16.8. The third kappa shape index (κ3) is 3.21. The van der Waals surface area contributed by atoms with Crippen molar-refractivity contribution in [3.63, 3.8) is 0 Å². The third-order valence-electron chi connectivity index (χ3n) is 6.20. The molecule has 1 aromatic rings. The number of benzene rings is 1. The fourth-order valence-corrected chi connectivity index (χ4v) is 4.73. The Morgan fingerprint density at radius 2 is 2.16 bits per heavy atom. The topological polar surface area (TPSA) is 53.0 Å². The molecule has 1 amide bonds. The predicted octanol–water partition coefficient (Wildman–Crippen LogP) is 1.04. The number of hydrogen-bond acceptors (Lipinski definition) is 4. The molecule has 0 aromatic heterocycles. The first-order valence-corrected chi connectivity index (χ1v) is 9.42. The van der Waals surface area contributed by atoms with Crippen LogP contribution in [-0.2, 0) is 21.4 Å². The number of aryl methyl sites for hydroxylation is 1. The molecule has 2 fully saturated rings. The Hall–Kier alpha value is -1.43. The van der Waals surface area contributed by atoms with Gasteiger partial charge in [0, 0.05) is 44.6 Å². The van der Waals surface area contributed by atoms with Crippen molar-refractivity contribution in [3.8, 4) is 0 Å². The number of carbonyl (C=O) groups is 1. The van der Waals surface area contributed by atoms with Crippen molar-refractivity contribution in [2.75, 3.05) is 46.4 Å². The summed E-state index contributed by atoms with van der Waals surface area (Å²) in [5.41, 5.74) is 2.88. The molecule has 1 aromatic carbocycles. The molecule has 1 aliphatic heterocycles. The fourth-order valence-electron chi connectivity index (χ4n) is 4.73. The number of fused-ring (bicyclic) bond motifs is 2. The van der Waals surface area contributed by atoms with E-state index in [2.05, 4.69) is 29.2 Å². The SMILES string of the molecule is CN(C[C@H](O)CN1CCOCC1)C(=O)[C@@H]1C[C@@]12CCc1ccccc12. The van der Waals surface area contributed by atoms with Gasteiger partial charge in [-0.3, -0.25) is 9.69 Å². The average Bonchev–Trinajstić information content (AvgIpc) is 3.24. The largest absolute Gasteiger partial charge is 0.390 e. The molecule has 0 bridgehead atoms. The van der Waals surface area contributed by atoms with Gasteiger partial charge in [-0.2, -0.15) is 0 Å². The Kier molecular flexibility index (Phi) is 4.56. The standard InChI is InChI=1S/C20H28N2O3/c1-21(13-16(23)14-22-8-10-25-11-9-22)19(24)18-12-20(18)7-6-15-4-2-3-5-17(15)20/h2-5,16,18,23H,6-14H2,1H3/t16-,18-,20+/m0/s1. The summed E-state index contributed by atoms with van der Waals surface area (Å²) in [6.45, 7) is 4.19. The van der Waals surface area contributed by atoms with Crippen LogP contribution in [0.3, 0.4) is 0 Å². The van der Waals surface area contributed by atoms with Crippen LogP contribution >= 0.6 is 0 Å². The van der Waals surface area contributed by atoms with E-state index in [1.165, 1.54) is 11.1 Å². The summed E-state index contributed by atoms with van der Waals surface area (Å²) >= 11 is 0. The zero-order valence-electron chi connectivity index (χ0n) is 15.0. The molecule has 5 heteroatoms. The van der Waals surface area contributed by atoms with E-state index < -0.39 is 6.10 Å². The molecule has 1 saturated carbocycles. The number of ether oxygens (including phenoxy) is 1. The highest BCUT2D eigenvalue weighted by Gasteiger charge is 2.61. The molecule has 3 aliphatic rings. The number of hydrogen-bond donors (Lipinski definition) is 1. The number of amides is 1. The molecule has 0 radical (unpaired) electrons. The normalized spacial score (nSPS) is 29.4. The summed E-state index contributed by atoms with van der Waals surface area (Å²) < 4.78 is 5.33. The number of aliphatic hydroxyl groups excluding tert-OH is 1. The van der Waals surface area contributed by atoms with Gasteiger partial charge < -0.3 is 14.7 Å². The summed E-state index contributed by atoms with van der Waals surface area (Å²) in [5.74, 6) is 0.287. The van der Waals surface area contributed by atoms with E-state index in [0.717, 1.165) is 45.6 Å². The zero-order valence-corrected chi connectivity index (χ0v) is 15.0. The Morgan fingerprint density at radius 3 is 2.96 bits per heavy atom. The van der Waals surface area contributed by atoms with Crippen molar-refractivity contribution in [1.82, 2.24) is 9.80 Å². The van der Waals surface area contributed by atoms with Gasteiger partial charge >= 0.3 is 0 Å². The second-order valence-corrected chi connectivity index (χ2v) is 7.86. The maximum atomic E-state index is 12.9. The van der Waals surface area contributed by atoms with Crippen LogP contribution < -0.4 is 0 Å². The molecule has 1 heterocycles. The van der Waals surface area contributed by atoms with Crippen molar-refractivity contribution in [2.24, 2.45) is 5.92 Å². The van der Waals surface area contributed by atoms with Gasteiger partial charge in [-0.15, -0.1) is 0 Å².